The molecule has 0 saturated heterocycles. The molecule has 2 aromatic heterocycles. The van der Waals surface area contributed by atoms with Crippen molar-refractivity contribution in [1.82, 2.24) is 4.57 Å². The van der Waals surface area contributed by atoms with Gasteiger partial charge in [0.25, 0.3) is 0 Å². The molecule has 3 aromatic rings. The van der Waals surface area contributed by atoms with Crippen LogP contribution < -0.4 is 5.76 Å². The fraction of sp³-hybridized carbons (Fsp3) is 0.0769. The van der Waals surface area contributed by atoms with E-state index in [9.17, 15) is 9.59 Å². The number of aromatic nitrogens is 1. The van der Waals surface area contributed by atoms with Gasteiger partial charge in [-0.25, -0.2) is 4.79 Å². The fourth-order valence-corrected chi connectivity index (χ4v) is 4.78. The lowest BCUT2D eigenvalue weighted by molar-refractivity contribution is 0.0970. The average molecular weight is 417 g/mol. The van der Waals surface area contributed by atoms with Crippen LogP contribution in [0.25, 0.3) is 11.1 Å². The first-order valence-electron chi connectivity index (χ1n) is 5.62. The van der Waals surface area contributed by atoms with Gasteiger partial charge in [0.2, 0.25) is 0 Å². The van der Waals surface area contributed by atoms with Crippen LogP contribution in [0.3, 0.4) is 0 Å². The van der Waals surface area contributed by atoms with Crippen LogP contribution >= 0.6 is 43.2 Å². The molecule has 0 aliphatic rings. The third-order valence-electron chi connectivity index (χ3n) is 2.83. The van der Waals surface area contributed by atoms with Crippen LogP contribution in [0, 0.1) is 0 Å². The molecule has 3 rings (SSSR count). The first-order valence-corrected chi connectivity index (χ1v) is 8.03. The summed E-state index contributed by atoms with van der Waals surface area (Å²) in [4.78, 5) is 24.1. The third-order valence-corrected chi connectivity index (χ3v) is 5.17. The molecule has 1 aromatic carbocycles. The Balaban J connectivity index is 2.01. The van der Waals surface area contributed by atoms with Crippen molar-refractivity contribution in [1.29, 1.82) is 0 Å². The summed E-state index contributed by atoms with van der Waals surface area (Å²) in [5.41, 5.74) is 1.66. The summed E-state index contributed by atoms with van der Waals surface area (Å²) >= 11 is 8.10. The number of hydrogen-bond donors (Lipinski definition) is 0. The first kappa shape index (κ1) is 13.8. The van der Waals surface area contributed by atoms with Gasteiger partial charge in [-0.3, -0.25) is 9.36 Å². The Labute approximate surface area is 134 Å². The topological polar surface area (TPSA) is 52.2 Å². The Morgan fingerprint density at radius 1 is 1.30 bits per heavy atom. The van der Waals surface area contributed by atoms with E-state index >= 15 is 0 Å². The monoisotopic (exact) mass is 415 g/mol. The maximum Gasteiger partial charge on any atom is 0.420 e. The van der Waals surface area contributed by atoms with Gasteiger partial charge in [-0.05, 0) is 50.1 Å². The Bertz CT molecular complexity index is 862. The SMILES string of the molecule is O=C(Cn1c(=O)oc2ccccc21)c1cc(Br)sc1Br. The van der Waals surface area contributed by atoms with Crippen molar-refractivity contribution in [2.24, 2.45) is 0 Å². The molecule has 0 unspecified atom stereocenters. The largest absolute Gasteiger partial charge is 0.420 e. The Morgan fingerprint density at radius 2 is 2.05 bits per heavy atom. The summed E-state index contributed by atoms with van der Waals surface area (Å²) in [5.74, 6) is -0.669. The molecule has 102 valence electrons. The van der Waals surface area contributed by atoms with E-state index in [-0.39, 0.29) is 12.3 Å². The van der Waals surface area contributed by atoms with Gasteiger partial charge in [-0.1, -0.05) is 12.1 Å². The third kappa shape index (κ3) is 2.41. The van der Waals surface area contributed by atoms with Crippen molar-refractivity contribution < 1.29 is 9.21 Å². The lowest BCUT2D eigenvalue weighted by atomic mass is 10.2. The van der Waals surface area contributed by atoms with Gasteiger partial charge in [0.15, 0.2) is 11.4 Å². The number of rotatable bonds is 3. The predicted molar refractivity (Wildman–Crippen MR) is 84.5 cm³/mol. The number of carbonyl (C=O) groups excluding carboxylic acids is 1. The number of oxazole rings is 1. The summed E-state index contributed by atoms with van der Waals surface area (Å²) in [6, 6.07) is 8.78. The number of thiophene rings is 1. The highest BCUT2D eigenvalue weighted by molar-refractivity contribution is 9.12. The molecule has 0 fully saturated rings. The van der Waals surface area contributed by atoms with E-state index in [2.05, 4.69) is 31.9 Å². The molecular formula is C13H7Br2NO3S. The number of hydrogen-bond acceptors (Lipinski definition) is 4. The van der Waals surface area contributed by atoms with E-state index in [0.29, 0.717) is 16.7 Å². The number of para-hydroxylation sites is 2. The molecule has 0 aliphatic heterocycles. The van der Waals surface area contributed by atoms with Crippen LogP contribution in [0.1, 0.15) is 10.4 Å². The smallest absolute Gasteiger partial charge is 0.408 e. The van der Waals surface area contributed by atoms with Crippen LogP contribution in [-0.4, -0.2) is 10.4 Å². The number of carbonyl (C=O) groups is 1. The van der Waals surface area contributed by atoms with Crippen molar-refractivity contribution in [3.05, 3.63) is 54.0 Å². The number of benzene rings is 1. The zero-order valence-electron chi connectivity index (χ0n) is 9.93. The van der Waals surface area contributed by atoms with Gasteiger partial charge in [-0.2, -0.15) is 0 Å². The molecule has 0 atom stereocenters. The van der Waals surface area contributed by atoms with E-state index in [4.69, 9.17) is 4.42 Å². The maximum absolute atomic E-state index is 12.3. The van der Waals surface area contributed by atoms with E-state index < -0.39 is 5.76 Å². The summed E-state index contributed by atoms with van der Waals surface area (Å²) in [7, 11) is 0. The predicted octanol–water partition coefficient (Wildman–Crippen LogP) is 4.06. The summed E-state index contributed by atoms with van der Waals surface area (Å²) in [6.07, 6.45) is 0. The second-order valence-corrected chi connectivity index (χ2v) is 7.83. The minimum Gasteiger partial charge on any atom is -0.408 e. The van der Waals surface area contributed by atoms with Gasteiger partial charge in [0, 0.05) is 5.56 Å². The van der Waals surface area contributed by atoms with Crippen molar-refractivity contribution in [3.8, 4) is 0 Å². The molecule has 2 heterocycles. The minimum absolute atomic E-state index is 0.0440. The lowest BCUT2D eigenvalue weighted by Crippen LogP contribution is -2.20. The quantitative estimate of drug-likeness (QED) is 0.605. The van der Waals surface area contributed by atoms with E-state index in [1.54, 1.807) is 30.3 Å². The van der Waals surface area contributed by atoms with Crippen LogP contribution in [0.4, 0.5) is 0 Å². The molecule has 20 heavy (non-hydrogen) atoms. The number of fused-ring (bicyclic) bond motifs is 1. The molecular weight excluding hydrogens is 410 g/mol. The number of nitrogens with zero attached hydrogens (tertiary/aromatic N) is 1. The Morgan fingerprint density at radius 3 is 2.75 bits per heavy atom. The van der Waals surface area contributed by atoms with Gasteiger partial charge in [-0.15, -0.1) is 11.3 Å². The number of halogens is 2. The summed E-state index contributed by atoms with van der Waals surface area (Å²) in [5, 5.41) is 0. The molecule has 0 N–H and O–H groups in total. The zero-order valence-corrected chi connectivity index (χ0v) is 13.9. The summed E-state index contributed by atoms with van der Waals surface area (Å²) in [6.45, 7) is -0.0440. The van der Waals surface area contributed by atoms with Gasteiger partial charge >= 0.3 is 5.76 Å². The second kappa shape index (κ2) is 5.31. The highest BCUT2D eigenvalue weighted by Gasteiger charge is 2.17. The van der Waals surface area contributed by atoms with Crippen molar-refractivity contribution >= 4 is 60.1 Å². The van der Waals surface area contributed by atoms with Crippen LogP contribution in [0.2, 0.25) is 0 Å². The van der Waals surface area contributed by atoms with E-state index in [1.807, 2.05) is 0 Å². The number of ketones is 1. The lowest BCUT2D eigenvalue weighted by Gasteiger charge is -2.00. The normalized spacial score (nSPS) is 11.1. The summed E-state index contributed by atoms with van der Waals surface area (Å²) < 4.78 is 8.06. The van der Waals surface area contributed by atoms with Crippen LogP contribution in [0.5, 0.6) is 0 Å². The maximum atomic E-state index is 12.3. The zero-order chi connectivity index (χ0) is 14.3. The Kier molecular flexibility index (Phi) is 3.66. The van der Waals surface area contributed by atoms with Gasteiger partial charge in [0.05, 0.1) is 19.6 Å². The highest BCUT2D eigenvalue weighted by atomic mass is 79.9. The fourth-order valence-electron chi connectivity index (χ4n) is 1.92. The van der Waals surface area contributed by atoms with Crippen molar-refractivity contribution in [2.45, 2.75) is 6.54 Å². The minimum atomic E-state index is -0.523. The molecule has 4 nitrogen and oxygen atoms in total. The van der Waals surface area contributed by atoms with E-state index in [1.165, 1.54) is 15.9 Å². The van der Waals surface area contributed by atoms with Crippen LogP contribution in [-0.2, 0) is 6.54 Å². The standard InChI is InChI=1S/C13H7Br2NO3S/c14-11-5-7(12(15)20-11)9(17)6-16-8-3-1-2-4-10(8)19-13(16)18/h1-5H,6H2. The molecule has 0 saturated carbocycles. The van der Waals surface area contributed by atoms with Crippen LogP contribution in [0.15, 0.2) is 47.1 Å². The molecule has 0 spiro atoms. The number of Topliss-reactive ketones (excluding diaryl/α,β-unsaturated/α-hetero) is 1. The molecule has 7 heteroatoms. The molecule has 0 radical (unpaired) electrons. The average Bonchev–Trinajstić information content (AvgIpc) is 2.90. The Hall–Kier alpha value is -1.18. The first-order chi connectivity index (χ1) is 9.56. The molecule has 0 aliphatic carbocycles. The highest BCUT2D eigenvalue weighted by Crippen LogP contribution is 2.32. The van der Waals surface area contributed by atoms with Crippen molar-refractivity contribution in [2.75, 3.05) is 0 Å². The van der Waals surface area contributed by atoms with Gasteiger partial charge in [0.1, 0.15) is 0 Å². The molecule has 0 amide bonds. The van der Waals surface area contributed by atoms with Crippen molar-refractivity contribution in [3.63, 3.8) is 0 Å². The molecule has 0 bridgehead atoms. The second-order valence-electron chi connectivity index (χ2n) is 4.08. The van der Waals surface area contributed by atoms with E-state index in [0.717, 1.165) is 7.57 Å². The van der Waals surface area contributed by atoms with Gasteiger partial charge < -0.3 is 4.42 Å².